The fraction of sp³-hybridized carbons (Fsp3) is 0.429. The average Bonchev–Trinajstić information content (AvgIpc) is 2.67. The molecule has 19 heavy (non-hydrogen) atoms. The van der Waals surface area contributed by atoms with Crippen molar-refractivity contribution < 1.29 is 9.59 Å². The van der Waals surface area contributed by atoms with E-state index < -0.39 is 6.04 Å². The lowest BCUT2D eigenvalue weighted by Gasteiger charge is -2.12. The Hall–Kier alpha value is -1.88. The summed E-state index contributed by atoms with van der Waals surface area (Å²) in [5, 5.41) is 2.69. The molecule has 1 atom stereocenters. The van der Waals surface area contributed by atoms with Gasteiger partial charge in [0, 0.05) is 13.1 Å². The first kappa shape index (κ1) is 13.5. The molecule has 5 nitrogen and oxygen atoms in total. The smallest absolute Gasteiger partial charge is 0.325 e. The van der Waals surface area contributed by atoms with Gasteiger partial charge < -0.3 is 11.1 Å². The number of hydrogen-bond donors (Lipinski definition) is 2. The Kier molecular flexibility index (Phi) is 3.85. The standard InChI is InChI=1S/C14H19N3O2/c1-9(2)10-3-5-11(6-4-10)12-13(18)17(8-7-15)14(19)16-12/h3-6,9,12H,7-8,15H2,1-2H3,(H,16,19). The summed E-state index contributed by atoms with van der Waals surface area (Å²) >= 11 is 0. The first-order valence-corrected chi connectivity index (χ1v) is 6.46. The van der Waals surface area contributed by atoms with Crippen LogP contribution in [0.5, 0.6) is 0 Å². The Morgan fingerprint density at radius 3 is 2.42 bits per heavy atom. The van der Waals surface area contributed by atoms with Crippen LogP contribution in [-0.4, -0.2) is 29.9 Å². The highest BCUT2D eigenvalue weighted by Crippen LogP contribution is 2.23. The van der Waals surface area contributed by atoms with Crippen molar-refractivity contribution in [1.82, 2.24) is 10.2 Å². The van der Waals surface area contributed by atoms with Gasteiger partial charge in [-0.05, 0) is 17.0 Å². The number of benzene rings is 1. The van der Waals surface area contributed by atoms with E-state index in [2.05, 4.69) is 19.2 Å². The molecule has 0 spiro atoms. The summed E-state index contributed by atoms with van der Waals surface area (Å²) in [5.41, 5.74) is 7.41. The van der Waals surface area contributed by atoms with Gasteiger partial charge >= 0.3 is 6.03 Å². The summed E-state index contributed by atoms with van der Waals surface area (Å²) in [5.74, 6) is 0.212. The van der Waals surface area contributed by atoms with Gasteiger partial charge in [0.1, 0.15) is 6.04 Å². The average molecular weight is 261 g/mol. The van der Waals surface area contributed by atoms with Crippen LogP contribution in [-0.2, 0) is 4.79 Å². The lowest BCUT2D eigenvalue weighted by Crippen LogP contribution is -2.35. The quantitative estimate of drug-likeness (QED) is 0.804. The van der Waals surface area contributed by atoms with Crippen LogP contribution in [0.1, 0.15) is 36.9 Å². The van der Waals surface area contributed by atoms with E-state index in [0.29, 0.717) is 5.92 Å². The van der Waals surface area contributed by atoms with Gasteiger partial charge in [-0.15, -0.1) is 0 Å². The third-order valence-corrected chi connectivity index (χ3v) is 3.32. The van der Waals surface area contributed by atoms with Crippen molar-refractivity contribution in [1.29, 1.82) is 0 Å². The first-order valence-electron chi connectivity index (χ1n) is 6.46. The van der Waals surface area contributed by atoms with Gasteiger partial charge in [0.2, 0.25) is 0 Å². The highest BCUT2D eigenvalue weighted by atomic mass is 16.2. The van der Waals surface area contributed by atoms with Crippen LogP contribution >= 0.6 is 0 Å². The van der Waals surface area contributed by atoms with E-state index in [1.165, 1.54) is 10.5 Å². The van der Waals surface area contributed by atoms with Gasteiger partial charge in [0.15, 0.2) is 0 Å². The van der Waals surface area contributed by atoms with Crippen LogP contribution in [0, 0.1) is 0 Å². The maximum atomic E-state index is 12.1. The molecule has 1 unspecified atom stereocenters. The zero-order valence-corrected chi connectivity index (χ0v) is 11.2. The minimum absolute atomic E-state index is 0.229. The second kappa shape index (κ2) is 5.40. The van der Waals surface area contributed by atoms with E-state index in [4.69, 9.17) is 5.73 Å². The van der Waals surface area contributed by atoms with Crippen molar-refractivity contribution in [2.75, 3.05) is 13.1 Å². The van der Waals surface area contributed by atoms with E-state index in [0.717, 1.165) is 5.56 Å². The Labute approximate surface area is 112 Å². The van der Waals surface area contributed by atoms with Gasteiger partial charge in [-0.25, -0.2) is 4.79 Å². The second-order valence-electron chi connectivity index (χ2n) is 4.98. The third kappa shape index (κ3) is 2.61. The normalized spacial score (nSPS) is 19.2. The number of nitrogens with two attached hydrogens (primary N) is 1. The van der Waals surface area contributed by atoms with Crippen LogP contribution in [0.25, 0.3) is 0 Å². The molecule has 1 aromatic rings. The van der Waals surface area contributed by atoms with Gasteiger partial charge in [0.05, 0.1) is 0 Å². The molecular weight excluding hydrogens is 242 g/mol. The number of amides is 3. The predicted octanol–water partition coefficient (Wildman–Crippen LogP) is 1.36. The largest absolute Gasteiger partial charge is 0.329 e. The van der Waals surface area contributed by atoms with Crippen molar-refractivity contribution in [2.24, 2.45) is 5.73 Å². The minimum Gasteiger partial charge on any atom is -0.329 e. The highest BCUT2D eigenvalue weighted by Gasteiger charge is 2.38. The lowest BCUT2D eigenvalue weighted by atomic mass is 9.99. The van der Waals surface area contributed by atoms with Crippen molar-refractivity contribution >= 4 is 11.9 Å². The number of hydrogen-bond acceptors (Lipinski definition) is 3. The molecule has 3 N–H and O–H groups in total. The Bertz CT molecular complexity index is 482. The van der Waals surface area contributed by atoms with E-state index >= 15 is 0 Å². The number of carbonyl (C=O) groups excluding carboxylic acids is 2. The van der Waals surface area contributed by atoms with Crippen LogP contribution in [0.3, 0.4) is 0 Å². The Balaban J connectivity index is 2.19. The van der Waals surface area contributed by atoms with Crippen LogP contribution in [0.2, 0.25) is 0 Å². The highest BCUT2D eigenvalue weighted by molar-refractivity contribution is 6.04. The molecular formula is C14H19N3O2. The number of nitrogens with zero attached hydrogens (tertiary/aromatic N) is 1. The number of carbonyl (C=O) groups is 2. The topological polar surface area (TPSA) is 75.4 Å². The molecule has 0 saturated carbocycles. The molecule has 102 valence electrons. The van der Waals surface area contributed by atoms with E-state index in [9.17, 15) is 9.59 Å². The summed E-state index contributed by atoms with van der Waals surface area (Å²) in [4.78, 5) is 25.0. The Morgan fingerprint density at radius 2 is 1.89 bits per heavy atom. The molecule has 2 rings (SSSR count). The maximum absolute atomic E-state index is 12.1. The van der Waals surface area contributed by atoms with Gasteiger partial charge in [-0.3, -0.25) is 9.69 Å². The molecule has 0 aliphatic carbocycles. The lowest BCUT2D eigenvalue weighted by molar-refractivity contribution is -0.127. The maximum Gasteiger partial charge on any atom is 0.325 e. The van der Waals surface area contributed by atoms with Crippen LogP contribution in [0.4, 0.5) is 4.79 Å². The van der Waals surface area contributed by atoms with Gasteiger partial charge in [-0.2, -0.15) is 0 Å². The summed E-state index contributed by atoms with van der Waals surface area (Å²) < 4.78 is 0. The third-order valence-electron chi connectivity index (χ3n) is 3.32. The molecule has 0 radical (unpaired) electrons. The van der Waals surface area contributed by atoms with Gasteiger partial charge in [0.25, 0.3) is 5.91 Å². The predicted molar refractivity (Wildman–Crippen MR) is 72.6 cm³/mol. The molecule has 0 aromatic heterocycles. The second-order valence-corrected chi connectivity index (χ2v) is 4.98. The zero-order valence-electron chi connectivity index (χ0n) is 11.2. The van der Waals surface area contributed by atoms with Crippen molar-refractivity contribution in [3.63, 3.8) is 0 Å². The van der Waals surface area contributed by atoms with Crippen LogP contribution in [0.15, 0.2) is 24.3 Å². The number of rotatable bonds is 4. The molecule has 1 fully saturated rings. The monoisotopic (exact) mass is 261 g/mol. The number of imide groups is 1. The molecule has 1 aliphatic rings. The fourth-order valence-corrected chi connectivity index (χ4v) is 2.16. The summed E-state index contributed by atoms with van der Waals surface area (Å²) in [7, 11) is 0. The van der Waals surface area contributed by atoms with Gasteiger partial charge in [-0.1, -0.05) is 38.1 Å². The molecule has 5 heteroatoms. The molecule has 1 aromatic carbocycles. The molecule has 1 aliphatic heterocycles. The van der Waals surface area contributed by atoms with Crippen molar-refractivity contribution in [3.8, 4) is 0 Å². The van der Waals surface area contributed by atoms with Crippen molar-refractivity contribution in [2.45, 2.75) is 25.8 Å². The molecule has 0 bridgehead atoms. The fourth-order valence-electron chi connectivity index (χ4n) is 2.16. The van der Waals surface area contributed by atoms with E-state index in [-0.39, 0.29) is 25.0 Å². The number of urea groups is 1. The van der Waals surface area contributed by atoms with Crippen LogP contribution < -0.4 is 11.1 Å². The molecule has 3 amide bonds. The summed E-state index contributed by atoms with van der Waals surface area (Å²) in [6.07, 6.45) is 0. The van der Waals surface area contributed by atoms with E-state index in [1.807, 2.05) is 24.3 Å². The SMILES string of the molecule is CC(C)c1ccc(C2NC(=O)N(CCN)C2=O)cc1. The summed E-state index contributed by atoms with van der Waals surface area (Å²) in [6.45, 7) is 4.75. The molecule has 1 saturated heterocycles. The number of nitrogens with one attached hydrogen (secondary N) is 1. The zero-order chi connectivity index (χ0) is 14.0. The Morgan fingerprint density at radius 1 is 1.26 bits per heavy atom. The minimum atomic E-state index is -0.583. The first-order chi connectivity index (χ1) is 9.04. The van der Waals surface area contributed by atoms with E-state index in [1.54, 1.807) is 0 Å². The van der Waals surface area contributed by atoms with Crippen molar-refractivity contribution in [3.05, 3.63) is 35.4 Å². The summed E-state index contributed by atoms with van der Waals surface area (Å²) in [6, 6.07) is 6.82. The molecule has 1 heterocycles.